The van der Waals surface area contributed by atoms with E-state index >= 15 is 0 Å². The van der Waals surface area contributed by atoms with E-state index in [1.165, 1.54) is 6.07 Å². The molecule has 1 aromatic heterocycles. The summed E-state index contributed by atoms with van der Waals surface area (Å²) in [6.45, 7) is 2.40. The number of imidazole rings is 1. The van der Waals surface area contributed by atoms with Gasteiger partial charge in [-0.3, -0.25) is 10.1 Å². The lowest BCUT2D eigenvalue weighted by Crippen LogP contribution is -2.01. The Kier molecular flexibility index (Phi) is 3.57. The van der Waals surface area contributed by atoms with Crippen molar-refractivity contribution < 1.29 is 9.66 Å². The van der Waals surface area contributed by atoms with Crippen LogP contribution in [0, 0.1) is 10.1 Å². The van der Waals surface area contributed by atoms with Crippen LogP contribution in [0.3, 0.4) is 0 Å². The van der Waals surface area contributed by atoms with Gasteiger partial charge in [-0.25, -0.2) is 4.98 Å². The lowest BCUT2D eigenvalue weighted by atomic mass is 10.2. The standard InChI is InChI=1S/C12H13N3O3/c1-2-7-18-12-8-10(14-6-5-13-9-14)3-4-11(12)15(16)17/h3-6,8-9H,2,7H2,1H3. The van der Waals surface area contributed by atoms with E-state index in [2.05, 4.69) is 4.98 Å². The smallest absolute Gasteiger partial charge is 0.311 e. The van der Waals surface area contributed by atoms with Gasteiger partial charge in [0, 0.05) is 24.5 Å². The number of nitro groups is 1. The summed E-state index contributed by atoms with van der Waals surface area (Å²) in [6.07, 6.45) is 5.84. The normalized spacial score (nSPS) is 10.3. The predicted octanol–water partition coefficient (Wildman–Crippen LogP) is 2.57. The minimum absolute atomic E-state index is 0.0210. The summed E-state index contributed by atoms with van der Waals surface area (Å²) in [5.41, 5.74) is 0.761. The second kappa shape index (κ2) is 5.31. The molecule has 6 heteroatoms. The van der Waals surface area contributed by atoms with E-state index < -0.39 is 4.92 Å². The summed E-state index contributed by atoms with van der Waals surface area (Å²) in [4.78, 5) is 14.4. The summed E-state index contributed by atoms with van der Waals surface area (Å²) in [6, 6.07) is 4.76. The Balaban J connectivity index is 2.38. The third-order valence-electron chi connectivity index (χ3n) is 2.40. The molecule has 0 radical (unpaired) electrons. The zero-order valence-corrected chi connectivity index (χ0v) is 9.94. The van der Waals surface area contributed by atoms with Crippen LogP contribution >= 0.6 is 0 Å². The van der Waals surface area contributed by atoms with Gasteiger partial charge in [0.15, 0.2) is 5.75 Å². The molecule has 18 heavy (non-hydrogen) atoms. The quantitative estimate of drug-likeness (QED) is 0.601. The third-order valence-corrected chi connectivity index (χ3v) is 2.40. The van der Waals surface area contributed by atoms with E-state index in [0.717, 1.165) is 12.1 Å². The third kappa shape index (κ3) is 2.48. The molecule has 0 saturated carbocycles. The number of benzene rings is 1. The van der Waals surface area contributed by atoms with Crippen LogP contribution in [0.5, 0.6) is 5.75 Å². The van der Waals surface area contributed by atoms with Gasteiger partial charge in [0.1, 0.15) is 0 Å². The molecule has 2 aromatic rings. The van der Waals surface area contributed by atoms with Crippen LogP contribution in [0.4, 0.5) is 5.69 Å². The lowest BCUT2D eigenvalue weighted by Gasteiger charge is -2.08. The summed E-state index contributed by atoms with van der Waals surface area (Å²) < 4.78 is 7.18. The Morgan fingerprint density at radius 1 is 1.50 bits per heavy atom. The SMILES string of the molecule is CCCOc1cc(-n2ccnc2)ccc1[N+](=O)[O-]. The highest BCUT2D eigenvalue weighted by Gasteiger charge is 2.15. The molecule has 0 N–H and O–H groups in total. The van der Waals surface area contributed by atoms with Gasteiger partial charge in [0.25, 0.3) is 0 Å². The highest BCUT2D eigenvalue weighted by molar-refractivity contribution is 5.53. The molecule has 0 saturated heterocycles. The first-order valence-corrected chi connectivity index (χ1v) is 5.62. The molecule has 0 bridgehead atoms. The molecule has 0 fully saturated rings. The first-order chi connectivity index (χ1) is 8.72. The number of rotatable bonds is 5. The Morgan fingerprint density at radius 2 is 2.33 bits per heavy atom. The largest absolute Gasteiger partial charge is 0.487 e. The molecular weight excluding hydrogens is 234 g/mol. The van der Waals surface area contributed by atoms with Gasteiger partial charge < -0.3 is 9.30 Å². The van der Waals surface area contributed by atoms with Crippen LogP contribution in [-0.2, 0) is 0 Å². The molecule has 0 aliphatic heterocycles. The number of nitro benzene ring substituents is 1. The fraction of sp³-hybridized carbons (Fsp3) is 0.250. The second-order valence-corrected chi connectivity index (χ2v) is 3.73. The number of ether oxygens (including phenoxy) is 1. The van der Waals surface area contributed by atoms with Crippen molar-refractivity contribution >= 4 is 5.69 Å². The van der Waals surface area contributed by atoms with Crippen molar-refractivity contribution in [3.8, 4) is 11.4 Å². The number of nitrogens with zero attached hydrogens (tertiary/aromatic N) is 3. The average Bonchev–Trinajstić information content (AvgIpc) is 2.89. The predicted molar refractivity (Wildman–Crippen MR) is 66.0 cm³/mol. The number of hydrogen-bond acceptors (Lipinski definition) is 4. The maximum Gasteiger partial charge on any atom is 0.311 e. The van der Waals surface area contributed by atoms with Crippen LogP contribution in [0.15, 0.2) is 36.9 Å². The molecule has 1 aromatic carbocycles. The molecular formula is C12H13N3O3. The number of hydrogen-bond donors (Lipinski definition) is 0. The maximum atomic E-state index is 10.9. The molecule has 94 valence electrons. The van der Waals surface area contributed by atoms with Crippen LogP contribution < -0.4 is 4.74 Å². The summed E-state index contributed by atoms with van der Waals surface area (Å²) >= 11 is 0. The molecule has 0 amide bonds. The maximum absolute atomic E-state index is 10.9. The molecule has 0 aliphatic carbocycles. The van der Waals surface area contributed by atoms with Gasteiger partial charge in [-0.15, -0.1) is 0 Å². The van der Waals surface area contributed by atoms with Crippen molar-refractivity contribution in [3.05, 3.63) is 47.0 Å². The van der Waals surface area contributed by atoms with Gasteiger partial charge in [0.2, 0.25) is 0 Å². The van der Waals surface area contributed by atoms with E-state index in [1.54, 1.807) is 35.4 Å². The second-order valence-electron chi connectivity index (χ2n) is 3.73. The van der Waals surface area contributed by atoms with Crippen molar-refractivity contribution in [2.24, 2.45) is 0 Å². The fourth-order valence-corrected chi connectivity index (χ4v) is 1.55. The fourth-order valence-electron chi connectivity index (χ4n) is 1.55. The molecule has 2 rings (SSSR count). The Morgan fingerprint density at radius 3 is 2.94 bits per heavy atom. The van der Waals surface area contributed by atoms with Crippen molar-refractivity contribution in [2.75, 3.05) is 6.61 Å². The summed E-state index contributed by atoms with van der Waals surface area (Å²) in [5, 5.41) is 10.9. The molecule has 6 nitrogen and oxygen atoms in total. The van der Waals surface area contributed by atoms with Crippen molar-refractivity contribution in [3.63, 3.8) is 0 Å². The van der Waals surface area contributed by atoms with Gasteiger partial charge in [-0.1, -0.05) is 6.92 Å². The molecule has 0 spiro atoms. The topological polar surface area (TPSA) is 70.2 Å². The van der Waals surface area contributed by atoms with Crippen LogP contribution in [0.2, 0.25) is 0 Å². The summed E-state index contributed by atoms with van der Waals surface area (Å²) in [7, 11) is 0. The van der Waals surface area contributed by atoms with E-state index in [1.807, 2.05) is 6.92 Å². The van der Waals surface area contributed by atoms with Crippen LogP contribution in [-0.4, -0.2) is 21.1 Å². The average molecular weight is 247 g/mol. The van der Waals surface area contributed by atoms with Gasteiger partial charge in [-0.2, -0.15) is 0 Å². The monoisotopic (exact) mass is 247 g/mol. The Bertz CT molecular complexity index is 538. The van der Waals surface area contributed by atoms with Gasteiger partial charge in [0.05, 0.1) is 23.5 Å². The van der Waals surface area contributed by atoms with Gasteiger partial charge >= 0.3 is 5.69 Å². The zero-order chi connectivity index (χ0) is 13.0. The van der Waals surface area contributed by atoms with Crippen LogP contribution in [0.1, 0.15) is 13.3 Å². The van der Waals surface area contributed by atoms with Crippen molar-refractivity contribution in [1.82, 2.24) is 9.55 Å². The minimum atomic E-state index is -0.442. The Labute approximate surface area is 104 Å². The van der Waals surface area contributed by atoms with E-state index in [-0.39, 0.29) is 11.4 Å². The lowest BCUT2D eigenvalue weighted by molar-refractivity contribution is -0.385. The highest BCUT2D eigenvalue weighted by Crippen LogP contribution is 2.29. The summed E-state index contributed by atoms with van der Waals surface area (Å²) in [5.74, 6) is 0.285. The minimum Gasteiger partial charge on any atom is -0.487 e. The molecule has 0 atom stereocenters. The van der Waals surface area contributed by atoms with E-state index in [9.17, 15) is 10.1 Å². The van der Waals surface area contributed by atoms with Crippen molar-refractivity contribution in [1.29, 1.82) is 0 Å². The van der Waals surface area contributed by atoms with Gasteiger partial charge in [-0.05, 0) is 12.5 Å². The van der Waals surface area contributed by atoms with Crippen LogP contribution in [0.25, 0.3) is 5.69 Å². The van der Waals surface area contributed by atoms with Crippen molar-refractivity contribution in [2.45, 2.75) is 13.3 Å². The zero-order valence-electron chi connectivity index (χ0n) is 9.94. The number of aromatic nitrogens is 2. The first-order valence-electron chi connectivity index (χ1n) is 5.62. The first kappa shape index (κ1) is 12.1. The Hall–Kier alpha value is -2.37. The van der Waals surface area contributed by atoms with E-state index in [4.69, 9.17) is 4.74 Å². The molecule has 0 unspecified atom stereocenters. The highest BCUT2D eigenvalue weighted by atomic mass is 16.6. The molecule has 1 heterocycles. The molecule has 0 aliphatic rings. The van der Waals surface area contributed by atoms with E-state index in [0.29, 0.717) is 6.61 Å².